The van der Waals surface area contributed by atoms with Crippen LogP contribution >= 0.6 is 0 Å². The summed E-state index contributed by atoms with van der Waals surface area (Å²) in [6, 6.07) is 5.51. The van der Waals surface area contributed by atoms with Crippen LogP contribution < -0.4 is 4.90 Å². The number of aromatic nitrogens is 2. The van der Waals surface area contributed by atoms with Gasteiger partial charge in [0.25, 0.3) is 0 Å². The van der Waals surface area contributed by atoms with Gasteiger partial charge in [-0.25, -0.2) is 0 Å². The SMILES string of the molecule is COC1CN(c2ccc(C#N)nn2)CCC1C. The Morgan fingerprint density at radius 1 is 1.47 bits per heavy atom. The van der Waals surface area contributed by atoms with Crippen molar-refractivity contribution in [3.05, 3.63) is 17.8 Å². The summed E-state index contributed by atoms with van der Waals surface area (Å²) in [5.41, 5.74) is 0.349. The zero-order valence-corrected chi connectivity index (χ0v) is 10.1. The molecule has 0 aliphatic carbocycles. The predicted molar refractivity (Wildman–Crippen MR) is 63.5 cm³/mol. The molecule has 1 aromatic heterocycles. The maximum atomic E-state index is 8.67. The lowest BCUT2D eigenvalue weighted by atomic mass is 9.96. The molecule has 1 aliphatic rings. The molecule has 2 rings (SSSR count). The number of hydrogen-bond donors (Lipinski definition) is 0. The molecule has 2 heterocycles. The van der Waals surface area contributed by atoms with Crippen LogP contribution in [0.1, 0.15) is 19.0 Å². The largest absolute Gasteiger partial charge is 0.379 e. The predicted octanol–water partition coefficient (Wildman–Crippen LogP) is 1.21. The van der Waals surface area contributed by atoms with Gasteiger partial charge in [-0.3, -0.25) is 0 Å². The summed E-state index contributed by atoms with van der Waals surface area (Å²) in [5, 5.41) is 16.6. The van der Waals surface area contributed by atoms with Gasteiger partial charge < -0.3 is 9.64 Å². The smallest absolute Gasteiger partial charge is 0.163 e. The molecule has 0 N–H and O–H groups in total. The molecule has 0 radical (unpaired) electrons. The highest BCUT2D eigenvalue weighted by Gasteiger charge is 2.26. The maximum absolute atomic E-state index is 8.67. The van der Waals surface area contributed by atoms with Crippen molar-refractivity contribution in [2.75, 3.05) is 25.1 Å². The lowest BCUT2D eigenvalue weighted by Crippen LogP contribution is -2.44. The van der Waals surface area contributed by atoms with E-state index in [0.29, 0.717) is 11.6 Å². The lowest BCUT2D eigenvalue weighted by molar-refractivity contribution is 0.0496. The van der Waals surface area contributed by atoms with Crippen molar-refractivity contribution in [1.29, 1.82) is 5.26 Å². The Morgan fingerprint density at radius 2 is 2.29 bits per heavy atom. The van der Waals surface area contributed by atoms with Crippen LogP contribution in [0.2, 0.25) is 0 Å². The van der Waals surface area contributed by atoms with Gasteiger partial charge in [-0.15, -0.1) is 10.2 Å². The van der Waals surface area contributed by atoms with Gasteiger partial charge >= 0.3 is 0 Å². The summed E-state index contributed by atoms with van der Waals surface area (Å²) < 4.78 is 5.46. The second-order valence-electron chi connectivity index (χ2n) is 4.37. The highest BCUT2D eigenvalue weighted by atomic mass is 16.5. The van der Waals surface area contributed by atoms with E-state index < -0.39 is 0 Å². The maximum Gasteiger partial charge on any atom is 0.163 e. The van der Waals surface area contributed by atoms with E-state index in [-0.39, 0.29) is 6.10 Å². The first-order valence-electron chi connectivity index (χ1n) is 5.76. The minimum absolute atomic E-state index is 0.237. The second-order valence-corrected chi connectivity index (χ2v) is 4.37. The topological polar surface area (TPSA) is 62.0 Å². The van der Waals surface area contributed by atoms with E-state index in [1.807, 2.05) is 12.1 Å². The highest BCUT2D eigenvalue weighted by molar-refractivity contribution is 5.39. The Kier molecular flexibility index (Phi) is 3.55. The number of anilines is 1. The van der Waals surface area contributed by atoms with Gasteiger partial charge in [0.2, 0.25) is 0 Å². The molecule has 2 unspecified atom stereocenters. The number of nitriles is 1. The number of rotatable bonds is 2. The average Bonchev–Trinajstić information content (AvgIpc) is 2.39. The van der Waals surface area contributed by atoms with Crippen LogP contribution in [0.5, 0.6) is 0 Å². The second kappa shape index (κ2) is 5.11. The lowest BCUT2D eigenvalue weighted by Gasteiger charge is -2.36. The molecule has 5 nitrogen and oxygen atoms in total. The quantitative estimate of drug-likeness (QED) is 0.767. The van der Waals surface area contributed by atoms with Gasteiger partial charge in [-0.05, 0) is 24.5 Å². The number of piperidine rings is 1. The first kappa shape index (κ1) is 11.8. The third-order valence-electron chi connectivity index (χ3n) is 3.28. The molecule has 0 saturated carbocycles. The minimum Gasteiger partial charge on any atom is -0.379 e. The fraction of sp³-hybridized carbons (Fsp3) is 0.583. The number of methoxy groups -OCH3 is 1. The van der Waals surface area contributed by atoms with Crippen molar-refractivity contribution in [2.24, 2.45) is 5.92 Å². The molecular formula is C12H16N4O. The fourth-order valence-electron chi connectivity index (χ4n) is 2.10. The van der Waals surface area contributed by atoms with E-state index in [0.717, 1.165) is 25.3 Å². The van der Waals surface area contributed by atoms with Crippen LogP contribution in [0.3, 0.4) is 0 Å². The summed E-state index contributed by atoms with van der Waals surface area (Å²) in [4.78, 5) is 2.16. The molecule has 1 fully saturated rings. The third kappa shape index (κ3) is 2.53. The van der Waals surface area contributed by atoms with Crippen LogP contribution in [-0.4, -0.2) is 36.5 Å². The summed E-state index contributed by atoms with van der Waals surface area (Å²) in [6.45, 7) is 4.00. The molecule has 1 saturated heterocycles. The van der Waals surface area contributed by atoms with E-state index in [4.69, 9.17) is 10.00 Å². The molecule has 0 bridgehead atoms. The first-order chi connectivity index (χ1) is 8.24. The molecule has 0 spiro atoms. The molecule has 2 atom stereocenters. The van der Waals surface area contributed by atoms with Crippen molar-refractivity contribution >= 4 is 5.82 Å². The molecule has 1 aliphatic heterocycles. The van der Waals surface area contributed by atoms with Crippen LogP contribution in [0.15, 0.2) is 12.1 Å². The number of ether oxygens (including phenoxy) is 1. The molecule has 0 aromatic carbocycles. The van der Waals surface area contributed by atoms with Crippen molar-refractivity contribution in [2.45, 2.75) is 19.4 Å². The molecular weight excluding hydrogens is 216 g/mol. The zero-order valence-electron chi connectivity index (χ0n) is 10.1. The standard InChI is InChI=1S/C12H16N4O/c1-9-5-6-16(8-11(9)17-2)12-4-3-10(7-13)14-15-12/h3-4,9,11H,5-6,8H2,1-2H3. The molecule has 0 amide bonds. The first-order valence-corrected chi connectivity index (χ1v) is 5.76. The Labute approximate surface area is 101 Å². The van der Waals surface area contributed by atoms with Gasteiger partial charge in [0.1, 0.15) is 6.07 Å². The van der Waals surface area contributed by atoms with Gasteiger partial charge in [0.15, 0.2) is 11.5 Å². The summed E-state index contributed by atoms with van der Waals surface area (Å²) in [6.07, 6.45) is 1.32. The molecule has 90 valence electrons. The van der Waals surface area contributed by atoms with E-state index in [1.54, 1.807) is 13.2 Å². The molecule has 5 heteroatoms. The van der Waals surface area contributed by atoms with Crippen LogP contribution in [-0.2, 0) is 4.74 Å². The summed E-state index contributed by atoms with van der Waals surface area (Å²) in [7, 11) is 1.75. The Balaban J connectivity index is 2.09. The molecule has 1 aromatic rings. The highest BCUT2D eigenvalue weighted by Crippen LogP contribution is 2.22. The van der Waals surface area contributed by atoms with Gasteiger partial charge in [0.05, 0.1) is 6.10 Å². The van der Waals surface area contributed by atoms with Crippen LogP contribution in [0.4, 0.5) is 5.82 Å². The summed E-state index contributed by atoms with van der Waals surface area (Å²) in [5.74, 6) is 1.39. The van der Waals surface area contributed by atoms with Crippen molar-refractivity contribution < 1.29 is 4.74 Å². The average molecular weight is 232 g/mol. The number of nitrogens with zero attached hydrogens (tertiary/aromatic N) is 4. The van der Waals surface area contributed by atoms with Crippen molar-refractivity contribution in [3.63, 3.8) is 0 Å². The Morgan fingerprint density at radius 3 is 2.88 bits per heavy atom. The van der Waals surface area contributed by atoms with Crippen molar-refractivity contribution in [1.82, 2.24) is 10.2 Å². The van der Waals surface area contributed by atoms with E-state index in [1.165, 1.54) is 0 Å². The third-order valence-corrected chi connectivity index (χ3v) is 3.28. The van der Waals surface area contributed by atoms with Crippen molar-refractivity contribution in [3.8, 4) is 6.07 Å². The van der Waals surface area contributed by atoms with Crippen LogP contribution in [0.25, 0.3) is 0 Å². The molecule has 17 heavy (non-hydrogen) atoms. The summed E-state index contributed by atoms with van der Waals surface area (Å²) >= 11 is 0. The number of hydrogen-bond acceptors (Lipinski definition) is 5. The Bertz CT molecular complexity index is 412. The zero-order chi connectivity index (χ0) is 12.3. The van der Waals surface area contributed by atoms with E-state index in [2.05, 4.69) is 22.0 Å². The normalized spacial score (nSPS) is 24.4. The Hall–Kier alpha value is -1.67. The van der Waals surface area contributed by atoms with E-state index in [9.17, 15) is 0 Å². The van der Waals surface area contributed by atoms with Gasteiger partial charge in [0, 0.05) is 20.2 Å². The van der Waals surface area contributed by atoms with Gasteiger partial charge in [-0.2, -0.15) is 5.26 Å². The van der Waals surface area contributed by atoms with Crippen LogP contribution in [0, 0.1) is 17.2 Å². The monoisotopic (exact) mass is 232 g/mol. The fourth-order valence-corrected chi connectivity index (χ4v) is 2.10. The van der Waals surface area contributed by atoms with E-state index >= 15 is 0 Å². The minimum atomic E-state index is 0.237. The van der Waals surface area contributed by atoms with Gasteiger partial charge in [-0.1, -0.05) is 6.92 Å².